The van der Waals surface area contributed by atoms with Gasteiger partial charge in [-0.25, -0.2) is 4.52 Å². The topological polar surface area (TPSA) is 69.6 Å². The van der Waals surface area contributed by atoms with Gasteiger partial charge in [0.25, 0.3) is 5.91 Å². The number of carbonyl (C=O) groups is 1. The monoisotopic (exact) mass is 219 g/mol. The molecular weight excluding hydrogens is 206 g/mol. The lowest BCUT2D eigenvalue weighted by Gasteiger charge is -2.04. The molecule has 0 aromatic carbocycles. The van der Waals surface area contributed by atoms with Crippen LogP contribution < -0.4 is 10.5 Å². The van der Waals surface area contributed by atoms with Crippen LogP contribution in [0.25, 0.3) is 5.52 Å². The first-order valence-corrected chi connectivity index (χ1v) is 5.12. The van der Waals surface area contributed by atoms with Gasteiger partial charge in [0.1, 0.15) is 5.75 Å². The van der Waals surface area contributed by atoms with Crippen LogP contribution in [0, 0.1) is 0 Å². The lowest BCUT2D eigenvalue weighted by molar-refractivity contribution is 0.100. The Hall–Kier alpha value is -2.04. The van der Waals surface area contributed by atoms with E-state index in [9.17, 15) is 4.79 Å². The molecule has 2 aromatic heterocycles. The molecule has 5 heteroatoms. The third kappa shape index (κ3) is 1.84. The number of aromatic nitrogens is 2. The summed E-state index contributed by atoms with van der Waals surface area (Å²) in [6, 6.07) is 3.58. The van der Waals surface area contributed by atoms with Gasteiger partial charge in [-0.05, 0) is 18.6 Å². The molecule has 2 N–H and O–H groups in total. The minimum absolute atomic E-state index is 0.419. The van der Waals surface area contributed by atoms with Gasteiger partial charge in [0.15, 0.2) is 0 Å². The number of nitrogens with two attached hydrogens (primary N) is 1. The van der Waals surface area contributed by atoms with Crippen LogP contribution >= 0.6 is 0 Å². The van der Waals surface area contributed by atoms with Gasteiger partial charge in [0, 0.05) is 0 Å². The van der Waals surface area contributed by atoms with Crippen LogP contribution in [0.4, 0.5) is 0 Å². The van der Waals surface area contributed by atoms with Crippen LogP contribution in [0.15, 0.2) is 24.5 Å². The average Bonchev–Trinajstić information content (AvgIpc) is 2.69. The Morgan fingerprint density at radius 1 is 1.56 bits per heavy atom. The van der Waals surface area contributed by atoms with Crippen molar-refractivity contribution >= 4 is 11.4 Å². The van der Waals surface area contributed by atoms with Crippen LogP contribution in [0.5, 0.6) is 5.75 Å². The van der Waals surface area contributed by atoms with E-state index in [1.54, 1.807) is 22.8 Å². The lowest BCUT2D eigenvalue weighted by atomic mass is 10.2. The van der Waals surface area contributed by atoms with Gasteiger partial charge in [-0.3, -0.25) is 4.79 Å². The van der Waals surface area contributed by atoms with Gasteiger partial charge in [0.2, 0.25) is 0 Å². The summed E-state index contributed by atoms with van der Waals surface area (Å²) < 4.78 is 7.04. The zero-order valence-corrected chi connectivity index (χ0v) is 9.01. The molecule has 0 atom stereocenters. The number of carbonyl (C=O) groups excluding carboxylic acids is 1. The number of ether oxygens (including phenoxy) is 1. The minimum Gasteiger partial charge on any atom is -0.492 e. The fourth-order valence-electron chi connectivity index (χ4n) is 1.46. The first kappa shape index (κ1) is 10.5. The van der Waals surface area contributed by atoms with E-state index in [0.717, 1.165) is 12.2 Å². The molecule has 1 amide bonds. The molecule has 84 valence electrons. The zero-order valence-electron chi connectivity index (χ0n) is 9.01. The van der Waals surface area contributed by atoms with E-state index >= 15 is 0 Å². The number of hydrogen-bond acceptors (Lipinski definition) is 3. The average molecular weight is 219 g/mol. The molecule has 5 nitrogen and oxygen atoms in total. The van der Waals surface area contributed by atoms with Crippen molar-refractivity contribution in [1.29, 1.82) is 0 Å². The molecule has 2 aromatic rings. The van der Waals surface area contributed by atoms with Crippen molar-refractivity contribution in [2.24, 2.45) is 5.73 Å². The maximum atomic E-state index is 11.1. The predicted octanol–water partition coefficient (Wildman–Crippen LogP) is 1.22. The Balaban J connectivity index is 2.37. The quantitative estimate of drug-likeness (QED) is 0.840. The number of amides is 1. The first-order chi connectivity index (χ1) is 7.72. The Labute approximate surface area is 92.8 Å². The summed E-state index contributed by atoms with van der Waals surface area (Å²) in [5.74, 6) is 0.255. The number of fused-ring (bicyclic) bond motifs is 1. The molecule has 0 saturated carbocycles. The molecule has 0 saturated heterocycles. The van der Waals surface area contributed by atoms with Gasteiger partial charge in [0.05, 0.1) is 30.1 Å². The zero-order chi connectivity index (χ0) is 11.5. The normalized spacial score (nSPS) is 10.6. The molecular formula is C11H13N3O2. The van der Waals surface area contributed by atoms with Crippen LogP contribution in [0.2, 0.25) is 0 Å². The summed E-state index contributed by atoms with van der Waals surface area (Å²) in [7, 11) is 0. The molecule has 16 heavy (non-hydrogen) atoms. The van der Waals surface area contributed by atoms with E-state index in [1.807, 2.05) is 6.92 Å². The van der Waals surface area contributed by atoms with Gasteiger partial charge in [-0.1, -0.05) is 6.92 Å². The summed E-state index contributed by atoms with van der Waals surface area (Å²) in [6.07, 6.45) is 4.14. The van der Waals surface area contributed by atoms with Crippen molar-refractivity contribution in [3.05, 3.63) is 30.1 Å². The summed E-state index contributed by atoms with van der Waals surface area (Å²) in [5.41, 5.74) is 6.33. The molecule has 0 aliphatic heterocycles. The number of pyridine rings is 1. The van der Waals surface area contributed by atoms with E-state index in [2.05, 4.69) is 5.10 Å². The summed E-state index contributed by atoms with van der Waals surface area (Å²) in [6.45, 7) is 2.70. The fourth-order valence-corrected chi connectivity index (χ4v) is 1.46. The van der Waals surface area contributed by atoms with E-state index in [4.69, 9.17) is 10.5 Å². The molecule has 0 fully saturated rings. The third-order valence-electron chi connectivity index (χ3n) is 2.23. The van der Waals surface area contributed by atoms with E-state index in [1.165, 1.54) is 6.20 Å². The van der Waals surface area contributed by atoms with Crippen LogP contribution in [-0.2, 0) is 0 Å². The third-order valence-corrected chi connectivity index (χ3v) is 2.23. The van der Waals surface area contributed by atoms with Crippen LogP contribution in [0.3, 0.4) is 0 Å². The molecule has 0 bridgehead atoms. The molecule has 0 aliphatic rings. The predicted molar refractivity (Wildman–Crippen MR) is 59.5 cm³/mol. The van der Waals surface area contributed by atoms with E-state index in [-0.39, 0.29) is 0 Å². The summed E-state index contributed by atoms with van der Waals surface area (Å²) >= 11 is 0. The second-order valence-electron chi connectivity index (χ2n) is 3.47. The van der Waals surface area contributed by atoms with Crippen molar-refractivity contribution < 1.29 is 9.53 Å². The van der Waals surface area contributed by atoms with Crippen molar-refractivity contribution in [3.63, 3.8) is 0 Å². The Bertz CT molecular complexity index is 519. The summed E-state index contributed by atoms with van der Waals surface area (Å²) in [4.78, 5) is 11.1. The smallest absolute Gasteiger partial charge is 0.252 e. The largest absolute Gasteiger partial charge is 0.492 e. The highest BCUT2D eigenvalue weighted by Crippen LogP contribution is 2.16. The van der Waals surface area contributed by atoms with Gasteiger partial charge in [-0.2, -0.15) is 5.10 Å². The molecule has 2 rings (SSSR count). The molecule has 2 heterocycles. The Morgan fingerprint density at radius 2 is 2.38 bits per heavy atom. The van der Waals surface area contributed by atoms with Crippen molar-refractivity contribution in [2.45, 2.75) is 13.3 Å². The Morgan fingerprint density at radius 3 is 3.06 bits per heavy atom. The number of rotatable bonds is 4. The minimum atomic E-state index is -0.475. The molecule has 0 aliphatic carbocycles. The first-order valence-electron chi connectivity index (χ1n) is 5.12. The number of primary amides is 1. The van der Waals surface area contributed by atoms with Crippen molar-refractivity contribution in [3.8, 4) is 5.75 Å². The molecule has 0 unspecified atom stereocenters. The van der Waals surface area contributed by atoms with Gasteiger partial charge in [-0.15, -0.1) is 0 Å². The Kier molecular flexibility index (Phi) is 2.76. The number of hydrogen-bond donors (Lipinski definition) is 1. The molecule has 0 radical (unpaired) electrons. The fraction of sp³-hybridized carbons (Fsp3) is 0.273. The molecule has 0 spiro atoms. The second-order valence-corrected chi connectivity index (χ2v) is 3.47. The SMILES string of the molecule is CCCOc1ccc2c(C(N)=O)cnn2c1. The van der Waals surface area contributed by atoms with Gasteiger partial charge >= 0.3 is 0 Å². The lowest BCUT2D eigenvalue weighted by Crippen LogP contribution is -2.10. The highest BCUT2D eigenvalue weighted by molar-refractivity contribution is 5.99. The van der Waals surface area contributed by atoms with Crippen molar-refractivity contribution in [1.82, 2.24) is 9.61 Å². The highest BCUT2D eigenvalue weighted by Gasteiger charge is 2.09. The summed E-state index contributed by atoms with van der Waals surface area (Å²) in [5, 5.41) is 4.04. The maximum absolute atomic E-state index is 11.1. The van der Waals surface area contributed by atoms with Gasteiger partial charge < -0.3 is 10.5 Å². The van der Waals surface area contributed by atoms with Crippen molar-refractivity contribution in [2.75, 3.05) is 6.61 Å². The van der Waals surface area contributed by atoms with Crippen LogP contribution in [0.1, 0.15) is 23.7 Å². The second kappa shape index (κ2) is 4.22. The van der Waals surface area contributed by atoms with Crippen LogP contribution in [-0.4, -0.2) is 22.1 Å². The van der Waals surface area contributed by atoms with E-state index < -0.39 is 5.91 Å². The standard InChI is InChI=1S/C11H13N3O2/c1-2-5-16-8-3-4-10-9(11(12)15)6-13-14(10)7-8/h3-4,6-7H,2,5H2,1H3,(H2,12,15). The maximum Gasteiger partial charge on any atom is 0.252 e. The highest BCUT2D eigenvalue weighted by atomic mass is 16.5. The number of nitrogens with zero attached hydrogens (tertiary/aromatic N) is 2. The van der Waals surface area contributed by atoms with E-state index in [0.29, 0.717) is 17.7 Å².